The summed E-state index contributed by atoms with van der Waals surface area (Å²) in [6, 6.07) is 11.2. The Morgan fingerprint density at radius 3 is 2.48 bits per heavy atom. The summed E-state index contributed by atoms with van der Waals surface area (Å²) in [7, 11) is 3.14. The quantitative estimate of drug-likeness (QED) is 0.718. The zero-order valence-corrected chi connectivity index (χ0v) is 14.0. The second kappa shape index (κ2) is 8.58. The monoisotopic (exact) mass is 344 g/mol. The molecule has 0 saturated heterocycles. The van der Waals surface area contributed by atoms with Gasteiger partial charge in [-0.3, -0.25) is 0 Å². The van der Waals surface area contributed by atoms with Gasteiger partial charge in [-0.2, -0.15) is 0 Å². The Morgan fingerprint density at radius 2 is 1.80 bits per heavy atom. The molecule has 0 aromatic heterocycles. The van der Waals surface area contributed by atoms with Gasteiger partial charge in [0.1, 0.15) is 0 Å². The number of hydrogen-bond acceptors (Lipinski definition) is 4. The molecule has 3 N–H and O–H groups in total. The SMILES string of the molecule is COc1ccc(CCNC(=O)Nc2cccc(C(=O)O)c2)cc1OC. The Hall–Kier alpha value is -3.22. The van der Waals surface area contributed by atoms with Crippen LogP contribution in [0, 0.1) is 0 Å². The van der Waals surface area contributed by atoms with Crippen LogP contribution in [0.1, 0.15) is 15.9 Å². The van der Waals surface area contributed by atoms with Gasteiger partial charge in [0, 0.05) is 12.2 Å². The van der Waals surface area contributed by atoms with Crippen molar-refractivity contribution in [2.75, 3.05) is 26.1 Å². The zero-order chi connectivity index (χ0) is 18.2. The number of anilines is 1. The number of carboxylic acid groups (broad SMARTS) is 1. The summed E-state index contributed by atoms with van der Waals surface area (Å²) in [5.41, 5.74) is 1.53. The maximum atomic E-state index is 11.9. The number of carbonyl (C=O) groups excluding carboxylic acids is 1. The molecule has 0 atom stereocenters. The molecule has 132 valence electrons. The summed E-state index contributed by atoms with van der Waals surface area (Å²) in [6.45, 7) is 0.417. The highest BCUT2D eigenvalue weighted by molar-refractivity contribution is 5.93. The Labute approximate surface area is 145 Å². The molecule has 7 nitrogen and oxygen atoms in total. The molecular weight excluding hydrogens is 324 g/mol. The number of urea groups is 1. The predicted octanol–water partition coefficient (Wildman–Crippen LogP) is 2.77. The number of nitrogens with one attached hydrogen (secondary N) is 2. The van der Waals surface area contributed by atoms with Crippen molar-refractivity contribution in [1.29, 1.82) is 0 Å². The van der Waals surface area contributed by atoms with Crippen molar-refractivity contribution < 1.29 is 24.2 Å². The van der Waals surface area contributed by atoms with E-state index in [-0.39, 0.29) is 5.56 Å². The Bertz CT molecular complexity index is 761. The average Bonchev–Trinajstić information content (AvgIpc) is 2.61. The van der Waals surface area contributed by atoms with Crippen LogP contribution in [0.4, 0.5) is 10.5 Å². The fraction of sp³-hybridized carbons (Fsp3) is 0.222. The van der Waals surface area contributed by atoms with Gasteiger partial charge >= 0.3 is 12.0 Å². The maximum absolute atomic E-state index is 11.9. The third-order valence-electron chi connectivity index (χ3n) is 3.51. The summed E-state index contributed by atoms with van der Waals surface area (Å²) < 4.78 is 10.4. The number of ether oxygens (including phenoxy) is 2. The van der Waals surface area contributed by atoms with Gasteiger partial charge in [-0.1, -0.05) is 12.1 Å². The minimum atomic E-state index is -1.04. The first-order chi connectivity index (χ1) is 12.0. The molecule has 0 fully saturated rings. The van der Waals surface area contributed by atoms with Gasteiger partial charge in [0.25, 0.3) is 0 Å². The lowest BCUT2D eigenvalue weighted by Crippen LogP contribution is -2.30. The van der Waals surface area contributed by atoms with Crippen molar-refractivity contribution in [1.82, 2.24) is 5.32 Å². The van der Waals surface area contributed by atoms with Crippen LogP contribution in [0.25, 0.3) is 0 Å². The van der Waals surface area contributed by atoms with E-state index in [9.17, 15) is 9.59 Å². The first-order valence-corrected chi connectivity index (χ1v) is 7.62. The normalized spacial score (nSPS) is 10.0. The standard InChI is InChI=1S/C18H20N2O5/c1-24-15-7-6-12(10-16(15)25-2)8-9-19-18(23)20-14-5-3-4-13(11-14)17(21)22/h3-7,10-11H,8-9H2,1-2H3,(H,21,22)(H2,19,20,23). The molecule has 2 rings (SSSR count). The first-order valence-electron chi connectivity index (χ1n) is 7.62. The van der Waals surface area contributed by atoms with Crippen LogP contribution >= 0.6 is 0 Å². The Kier molecular flexibility index (Phi) is 6.22. The summed E-state index contributed by atoms with van der Waals surface area (Å²) in [4.78, 5) is 22.8. The number of rotatable bonds is 7. The first kappa shape index (κ1) is 18.1. The molecule has 0 unspecified atom stereocenters. The van der Waals surface area contributed by atoms with Crippen LogP contribution in [-0.4, -0.2) is 37.9 Å². The van der Waals surface area contributed by atoms with Gasteiger partial charge in [0.05, 0.1) is 19.8 Å². The molecule has 25 heavy (non-hydrogen) atoms. The van der Waals surface area contributed by atoms with Crippen LogP contribution in [0.3, 0.4) is 0 Å². The molecule has 0 spiro atoms. The van der Waals surface area contributed by atoms with E-state index < -0.39 is 12.0 Å². The molecule has 2 aromatic carbocycles. The number of benzene rings is 2. The summed E-state index contributed by atoms with van der Waals surface area (Å²) >= 11 is 0. The molecule has 0 saturated carbocycles. The van der Waals surface area contributed by atoms with E-state index in [4.69, 9.17) is 14.6 Å². The molecule has 2 amide bonds. The van der Waals surface area contributed by atoms with Crippen LogP contribution in [0.15, 0.2) is 42.5 Å². The van der Waals surface area contributed by atoms with Crippen molar-refractivity contribution in [3.63, 3.8) is 0 Å². The lowest BCUT2D eigenvalue weighted by Gasteiger charge is -2.11. The second-order valence-electron chi connectivity index (χ2n) is 5.21. The van der Waals surface area contributed by atoms with Gasteiger partial charge in [0.15, 0.2) is 11.5 Å². The fourth-order valence-electron chi connectivity index (χ4n) is 2.26. The Balaban J connectivity index is 1.86. The lowest BCUT2D eigenvalue weighted by atomic mass is 10.1. The van der Waals surface area contributed by atoms with Crippen molar-refractivity contribution in [2.24, 2.45) is 0 Å². The van der Waals surface area contributed by atoms with E-state index in [1.807, 2.05) is 18.2 Å². The number of aromatic carboxylic acids is 1. The second-order valence-corrected chi connectivity index (χ2v) is 5.21. The summed E-state index contributed by atoms with van der Waals surface area (Å²) in [5, 5.41) is 14.3. The van der Waals surface area contributed by atoms with E-state index in [0.717, 1.165) is 5.56 Å². The Morgan fingerprint density at radius 1 is 1.04 bits per heavy atom. The number of amides is 2. The van der Waals surface area contributed by atoms with Crippen LogP contribution < -0.4 is 20.1 Å². The van der Waals surface area contributed by atoms with Crippen molar-refractivity contribution >= 4 is 17.7 Å². The van der Waals surface area contributed by atoms with Crippen molar-refractivity contribution in [3.05, 3.63) is 53.6 Å². The zero-order valence-electron chi connectivity index (χ0n) is 14.0. The smallest absolute Gasteiger partial charge is 0.335 e. The molecule has 7 heteroatoms. The number of methoxy groups -OCH3 is 2. The van der Waals surface area contributed by atoms with Crippen LogP contribution in [-0.2, 0) is 6.42 Å². The fourth-order valence-corrected chi connectivity index (χ4v) is 2.26. The highest BCUT2D eigenvalue weighted by atomic mass is 16.5. The van der Waals surface area contributed by atoms with Crippen LogP contribution in [0.5, 0.6) is 11.5 Å². The summed E-state index contributed by atoms with van der Waals surface area (Å²) in [5.74, 6) is 0.239. The molecule has 0 heterocycles. The number of hydrogen-bond donors (Lipinski definition) is 3. The highest BCUT2D eigenvalue weighted by Gasteiger charge is 2.07. The molecule has 0 bridgehead atoms. The molecule has 0 aliphatic heterocycles. The van der Waals surface area contributed by atoms with Gasteiger partial charge in [-0.05, 0) is 42.3 Å². The molecule has 0 aliphatic carbocycles. The van der Waals surface area contributed by atoms with Crippen molar-refractivity contribution in [3.8, 4) is 11.5 Å². The van der Waals surface area contributed by atoms with E-state index >= 15 is 0 Å². The third-order valence-corrected chi connectivity index (χ3v) is 3.51. The third kappa shape index (κ3) is 5.13. The van der Waals surface area contributed by atoms with E-state index in [0.29, 0.717) is 30.2 Å². The van der Waals surface area contributed by atoms with Gasteiger partial charge < -0.3 is 25.2 Å². The van der Waals surface area contributed by atoms with E-state index in [2.05, 4.69) is 10.6 Å². The van der Waals surface area contributed by atoms with E-state index in [1.165, 1.54) is 12.1 Å². The predicted molar refractivity (Wildman–Crippen MR) is 93.7 cm³/mol. The minimum absolute atomic E-state index is 0.114. The van der Waals surface area contributed by atoms with Crippen molar-refractivity contribution in [2.45, 2.75) is 6.42 Å². The van der Waals surface area contributed by atoms with Crippen LogP contribution in [0.2, 0.25) is 0 Å². The number of carbonyl (C=O) groups is 2. The molecule has 0 radical (unpaired) electrons. The topological polar surface area (TPSA) is 96.9 Å². The molecule has 2 aromatic rings. The largest absolute Gasteiger partial charge is 0.493 e. The summed E-state index contributed by atoms with van der Waals surface area (Å²) in [6.07, 6.45) is 0.614. The van der Waals surface area contributed by atoms with Gasteiger partial charge in [0.2, 0.25) is 0 Å². The van der Waals surface area contributed by atoms with Gasteiger partial charge in [-0.15, -0.1) is 0 Å². The molecular formula is C18H20N2O5. The number of carboxylic acids is 1. The van der Waals surface area contributed by atoms with E-state index in [1.54, 1.807) is 26.4 Å². The van der Waals surface area contributed by atoms with Gasteiger partial charge in [-0.25, -0.2) is 9.59 Å². The highest BCUT2D eigenvalue weighted by Crippen LogP contribution is 2.27. The lowest BCUT2D eigenvalue weighted by molar-refractivity contribution is 0.0697. The average molecular weight is 344 g/mol. The minimum Gasteiger partial charge on any atom is -0.493 e. The molecule has 0 aliphatic rings. The maximum Gasteiger partial charge on any atom is 0.335 e.